The summed E-state index contributed by atoms with van der Waals surface area (Å²) in [5.41, 5.74) is 2.62. The molecule has 0 aromatic heterocycles. The molecule has 0 spiro atoms. The number of anilines is 1. The molecular formula is C18H28N2O. The second-order valence-corrected chi connectivity index (χ2v) is 6.59. The number of aryl methyl sites for hydroxylation is 1. The molecule has 3 heteroatoms. The minimum absolute atomic E-state index is 0.675. The van der Waals surface area contributed by atoms with Crippen LogP contribution in [0.25, 0.3) is 0 Å². The van der Waals surface area contributed by atoms with E-state index in [1.165, 1.54) is 43.4 Å². The fourth-order valence-electron chi connectivity index (χ4n) is 4.09. The molecule has 0 saturated carbocycles. The van der Waals surface area contributed by atoms with E-state index in [0.29, 0.717) is 18.1 Å². The highest BCUT2D eigenvalue weighted by Crippen LogP contribution is 2.43. The Labute approximate surface area is 128 Å². The van der Waals surface area contributed by atoms with E-state index in [9.17, 15) is 0 Å². The van der Waals surface area contributed by atoms with Crippen molar-refractivity contribution in [1.29, 1.82) is 0 Å². The van der Waals surface area contributed by atoms with Gasteiger partial charge in [-0.25, -0.2) is 0 Å². The number of nitrogens with one attached hydrogen (secondary N) is 1. The lowest BCUT2D eigenvalue weighted by Gasteiger charge is -2.41. The molecular weight excluding hydrogens is 260 g/mol. The summed E-state index contributed by atoms with van der Waals surface area (Å²) in [6, 6.07) is 8.60. The highest BCUT2D eigenvalue weighted by Gasteiger charge is 2.41. The van der Waals surface area contributed by atoms with E-state index < -0.39 is 0 Å². The highest BCUT2D eigenvalue weighted by atomic mass is 16.5. The second kappa shape index (κ2) is 6.27. The first-order valence-electron chi connectivity index (χ1n) is 8.39. The molecule has 3 rings (SSSR count). The van der Waals surface area contributed by atoms with E-state index >= 15 is 0 Å². The Kier molecular flexibility index (Phi) is 4.39. The van der Waals surface area contributed by atoms with Gasteiger partial charge >= 0.3 is 0 Å². The van der Waals surface area contributed by atoms with Crippen molar-refractivity contribution in [2.75, 3.05) is 18.6 Å². The first kappa shape index (κ1) is 14.7. The lowest BCUT2D eigenvalue weighted by atomic mass is 9.96. The SMILES string of the molecule is CCCNC1CC2CCC(C1)N2c1cc(C)ccc1OC. The van der Waals surface area contributed by atoms with Crippen LogP contribution in [0.5, 0.6) is 5.75 Å². The average molecular weight is 288 g/mol. The summed E-state index contributed by atoms with van der Waals surface area (Å²) >= 11 is 0. The van der Waals surface area contributed by atoms with Gasteiger partial charge < -0.3 is 15.0 Å². The van der Waals surface area contributed by atoms with Crippen molar-refractivity contribution in [2.45, 2.75) is 64.1 Å². The minimum atomic E-state index is 0.675. The number of ether oxygens (including phenoxy) is 1. The van der Waals surface area contributed by atoms with Gasteiger partial charge in [0.05, 0.1) is 12.8 Å². The molecule has 0 amide bonds. The van der Waals surface area contributed by atoms with Crippen LogP contribution < -0.4 is 15.0 Å². The molecule has 2 aliphatic rings. The van der Waals surface area contributed by atoms with Crippen LogP contribution in [0.1, 0.15) is 44.6 Å². The molecule has 2 aliphatic heterocycles. The number of benzene rings is 1. The summed E-state index contributed by atoms with van der Waals surface area (Å²) < 4.78 is 5.61. The first-order chi connectivity index (χ1) is 10.2. The fraction of sp³-hybridized carbons (Fsp3) is 0.667. The van der Waals surface area contributed by atoms with Crippen molar-refractivity contribution in [3.05, 3.63) is 23.8 Å². The summed E-state index contributed by atoms with van der Waals surface area (Å²) in [7, 11) is 1.78. The molecule has 1 aromatic rings. The smallest absolute Gasteiger partial charge is 0.142 e. The van der Waals surface area contributed by atoms with E-state index in [2.05, 4.69) is 42.3 Å². The maximum absolute atomic E-state index is 5.61. The van der Waals surface area contributed by atoms with Gasteiger partial charge in [-0.05, 0) is 63.3 Å². The van der Waals surface area contributed by atoms with E-state index in [-0.39, 0.29) is 0 Å². The topological polar surface area (TPSA) is 24.5 Å². The minimum Gasteiger partial charge on any atom is -0.495 e. The largest absolute Gasteiger partial charge is 0.495 e. The van der Waals surface area contributed by atoms with Gasteiger partial charge in [-0.1, -0.05) is 13.0 Å². The summed E-state index contributed by atoms with van der Waals surface area (Å²) in [5, 5.41) is 3.73. The van der Waals surface area contributed by atoms with Gasteiger partial charge in [0.2, 0.25) is 0 Å². The molecule has 2 heterocycles. The fourth-order valence-corrected chi connectivity index (χ4v) is 4.09. The van der Waals surface area contributed by atoms with Crippen molar-refractivity contribution < 1.29 is 4.74 Å². The van der Waals surface area contributed by atoms with Crippen LogP contribution in [0.2, 0.25) is 0 Å². The molecule has 2 fully saturated rings. The van der Waals surface area contributed by atoms with Crippen LogP contribution in [0.4, 0.5) is 5.69 Å². The van der Waals surface area contributed by atoms with Gasteiger partial charge in [0, 0.05) is 18.1 Å². The van der Waals surface area contributed by atoms with E-state index in [1.54, 1.807) is 7.11 Å². The Morgan fingerprint density at radius 1 is 1.24 bits per heavy atom. The normalized spacial score (nSPS) is 28.0. The molecule has 0 aliphatic carbocycles. The predicted octanol–water partition coefficient (Wildman–Crippen LogP) is 3.50. The first-order valence-corrected chi connectivity index (χ1v) is 8.39. The Morgan fingerprint density at radius 2 is 1.95 bits per heavy atom. The van der Waals surface area contributed by atoms with Gasteiger partial charge in [0.25, 0.3) is 0 Å². The standard InChI is InChI=1S/C18H28N2O/c1-4-9-19-14-11-15-6-7-16(12-14)20(15)17-10-13(2)5-8-18(17)21-3/h5,8,10,14-16,19H,4,6-7,9,11-12H2,1-3H3. The number of piperidine rings is 1. The molecule has 2 bridgehead atoms. The van der Waals surface area contributed by atoms with Crippen LogP contribution in [-0.2, 0) is 0 Å². The van der Waals surface area contributed by atoms with Crippen LogP contribution in [0.15, 0.2) is 18.2 Å². The number of nitrogens with zero attached hydrogens (tertiary/aromatic N) is 1. The second-order valence-electron chi connectivity index (χ2n) is 6.59. The van der Waals surface area contributed by atoms with Crippen molar-refractivity contribution in [3.63, 3.8) is 0 Å². The van der Waals surface area contributed by atoms with Crippen molar-refractivity contribution in [2.24, 2.45) is 0 Å². The average Bonchev–Trinajstić information content (AvgIpc) is 2.75. The van der Waals surface area contributed by atoms with Gasteiger partial charge in [0.1, 0.15) is 5.75 Å². The number of fused-ring (bicyclic) bond motifs is 2. The zero-order valence-corrected chi connectivity index (χ0v) is 13.6. The summed E-state index contributed by atoms with van der Waals surface area (Å²) in [4.78, 5) is 2.65. The Bertz CT molecular complexity index is 474. The van der Waals surface area contributed by atoms with Crippen molar-refractivity contribution >= 4 is 5.69 Å². The van der Waals surface area contributed by atoms with E-state index in [1.807, 2.05) is 0 Å². The van der Waals surface area contributed by atoms with Crippen LogP contribution in [0, 0.1) is 6.92 Å². The zero-order chi connectivity index (χ0) is 14.8. The van der Waals surface area contributed by atoms with E-state index in [0.717, 1.165) is 12.3 Å². The molecule has 2 atom stereocenters. The molecule has 3 nitrogen and oxygen atoms in total. The molecule has 1 N–H and O–H groups in total. The van der Waals surface area contributed by atoms with Gasteiger partial charge in [0.15, 0.2) is 0 Å². The molecule has 2 unspecified atom stereocenters. The lowest BCUT2D eigenvalue weighted by molar-refractivity contribution is 0.351. The maximum Gasteiger partial charge on any atom is 0.142 e. The molecule has 21 heavy (non-hydrogen) atoms. The molecule has 1 aromatic carbocycles. The van der Waals surface area contributed by atoms with Crippen LogP contribution in [0.3, 0.4) is 0 Å². The van der Waals surface area contributed by atoms with Gasteiger partial charge in [-0.15, -0.1) is 0 Å². The quantitative estimate of drug-likeness (QED) is 0.897. The van der Waals surface area contributed by atoms with Crippen molar-refractivity contribution in [1.82, 2.24) is 5.32 Å². The number of hydrogen-bond acceptors (Lipinski definition) is 3. The Morgan fingerprint density at radius 3 is 2.57 bits per heavy atom. The predicted molar refractivity (Wildman–Crippen MR) is 88.3 cm³/mol. The van der Waals surface area contributed by atoms with Crippen LogP contribution >= 0.6 is 0 Å². The third-order valence-electron chi connectivity index (χ3n) is 5.03. The zero-order valence-electron chi connectivity index (χ0n) is 13.6. The Hall–Kier alpha value is -1.22. The van der Waals surface area contributed by atoms with Gasteiger partial charge in [-0.3, -0.25) is 0 Å². The highest BCUT2D eigenvalue weighted by molar-refractivity contribution is 5.62. The monoisotopic (exact) mass is 288 g/mol. The lowest BCUT2D eigenvalue weighted by Crippen LogP contribution is -2.49. The summed E-state index contributed by atoms with van der Waals surface area (Å²) in [5.74, 6) is 1.03. The van der Waals surface area contributed by atoms with Crippen LogP contribution in [-0.4, -0.2) is 31.8 Å². The summed E-state index contributed by atoms with van der Waals surface area (Å²) in [6.45, 7) is 5.56. The third-order valence-corrected chi connectivity index (χ3v) is 5.03. The Balaban J connectivity index is 1.80. The molecule has 0 radical (unpaired) electrons. The van der Waals surface area contributed by atoms with E-state index in [4.69, 9.17) is 4.74 Å². The van der Waals surface area contributed by atoms with Gasteiger partial charge in [-0.2, -0.15) is 0 Å². The number of rotatable bonds is 5. The summed E-state index contributed by atoms with van der Waals surface area (Å²) in [6.07, 6.45) is 6.42. The van der Waals surface area contributed by atoms with Crippen molar-refractivity contribution in [3.8, 4) is 5.75 Å². The number of methoxy groups -OCH3 is 1. The third kappa shape index (κ3) is 2.89. The maximum atomic E-state index is 5.61. The molecule has 116 valence electrons. The number of hydrogen-bond donors (Lipinski definition) is 1. The molecule has 2 saturated heterocycles.